The molecular weight excluding hydrogens is 153 g/mol. The average Bonchev–Trinajstić information content (AvgIpc) is 1.92. The van der Waals surface area contributed by atoms with Gasteiger partial charge in [-0.1, -0.05) is 6.42 Å². The van der Waals surface area contributed by atoms with E-state index in [4.69, 9.17) is 5.73 Å². The Morgan fingerprint density at radius 3 is 2.25 bits per heavy atom. The Labute approximate surface area is 73.5 Å². The van der Waals surface area contributed by atoms with Gasteiger partial charge in [0.15, 0.2) is 0 Å². The van der Waals surface area contributed by atoms with Crippen molar-refractivity contribution in [2.75, 3.05) is 13.2 Å². The number of halogens is 1. The van der Waals surface area contributed by atoms with Crippen molar-refractivity contribution in [3.05, 3.63) is 0 Å². The molecule has 3 aliphatic carbocycles. The summed E-state index contributed by atoms with van der Waals surface area (Å²) in [4.78, 5) is 0. The van der Waals surface area contributed by atoms with Gasteiger partial charge >= 0.3 is 0 Å². The minimum absolute atomic E-state index is 0.141. The first kappa shape index (κ1) is 8.49. The molecule has 0 saturated heterocycles. The molecule has 0 spiro atoms. The second-order valence-corrected chi connectivity index (χ2v) is 4.88. The van der Waals surface area contributed by atoms with Crippen LogP contribution in [0.2, 0.25) is 0 Å². The first-order valence-corrected chi connectivity index (χ1v) is 5.00. The predicted molar refractivity (Wildman–Crippen MR) is 47.6 cm³/mol. The van der Waals surface area contributed by atoms with E-state index in [9.17, 15) is 4.39 Å². The fourth-order valence-corrected chi connectivity index (χ4v) is 3.31. The molecular formula is C10H18FN. The van der Waals surface area contributed by atoms with Gasteiger partial charge in [-0.15, -0.1) is 0 Å². The second kappa shape index (κ2) is 2.69. The summed E-state index contributed by atoms with van der Waals surface area (Å²) in [7, 11) is 0. The first-order chi connectivity index (χ1) is 5.74. The monoisotopic (exact) mass is 171 g/mol. The van der Waals surface area contributed by atoms with Crippen molar-refractivity contribution in [3.63, 3.8) is 0 Å². The van der Waals surface area contributed by atoms with Crippen molar-refractivity contribution in [1.29, 1.82) is 0 Å². The maximum atomic E-state index is 11.8. The van der Waals surface area contributed by atoms with Gasteiger partial charge < -0.3 is 5.73 Å². The van der Waals surface area contributed by atoms with Gasteiger partial charge in [-0.2, -0.15) is 0 Å². The summed E-state index contributed by atoms with van der Waals surface area (Å²) in [5.74, 6) is 0. The maximum Gasteiger partial charge on any atom is 0.0894 e. The Hall–Kier alpha value is -0.110. The molecule has 2 bridgehead atoms. The fourth-order valence-electron chi connectivity index (χ4n) is 3.31. The molecule has 3 aliphatic rings. The molecule has 0 radical (unpaired) electrons. The lowest BCUT2D eigenvalue weighted by molar-refractivity contribution is -0.200. The molecule has 3 fully saturated rings. The Morgan fingerprint density at radius 2 is 1.75 bits per heavy atom. The van der Waals surface area contributed by atoms with Gasteiger partial charge in [0.25, 0.3) is 0 Å². The molecule has 0 unspecified atom stereocenters. The summed E-state index contributed by atoms with van der Waals surface area (Å²) >= 11 is 0. The third-order valence-corrected chi connectivity index (χ3v) is 3.77. The highest BCUT2D eigenvalue weighted by Gasteiger charge is 2.65. The first-order valence-electron chi connectivity index (χ1n) is 5.00. The van der Waals surface area contributed by atoms with Gasteiger partial charge in [0.05, 0.1) is 6.67 Å². The van der Waals surface area contributed by atoms with Crippen molar-refractivity contribution in [1.82, 2.24) is 0 Å². The molecule has 0 aromatic heterocycles. The average molecular weight is 171 g/mol. The lowest BCUT2D eigenvalue weighted by Gasteiger charge is -2.71. The van der Waals surface area contributed by atoms with Gasteiger partial charge in [0.1, 0.15) is 0 Å². The van der Waals surface area contributed by atoms with E-state index < -0.39 is 0 Å². The number of nitrogens with two attached hydrogens (primary N) is 1. The van der Waals surface area contributed by atoms with Crippen molar-refractivity contribution >= 4 is 0 Å². The van der Waals surface area contributed by atoms with Crippen LogP contribution in [0.3, 0.4) is 0 Å². The Kier molecular flexibility index (Phi) is 1.90. The van der Waals surface area contributed by atoms with Crippen molar-refractivity contribution in [2.45, 2.75) is 38.5 Å². The molecule has 70 valence electrons. The summed E-state index contributed by atoms with van der Waals surface area (Å²) in [6, 6.07) is 0. The van der Waals surface area contributed by atoms with Crippen LogP contribution in [-0.2, 0) is 0 Å². The van der Waals surface area contributed by atoms with E-state index in [0.717, 1.165) is 19.4 Å². The van der Waals surface area contributed by atoms with Crippen LogP contribution in [0.1, 0.15) is 38.5 Å². The number of unbranched alkanes of at least 4 members (excludes halogenated alkanes) is 1. The molecule has 2 heteroatoms. The number of hydrogen-bond donors (Lipinski definition) is 1. The highest BCUT2D eigenvalue weighted by atomic mass is 19.1. The Bertz CT molecular complexity index is 159. The van der Waals surface area contributed by atoms with Crippen LogP contribution in [-0.4, -0.2) is 13.2 Å². The second-order valence-electron chi connectivity index (χ2n) is 4.88. The molecule has 0 aromatic rings. The maximum absolute atomic E-state index is 11.8. The molecule has 0 aliphatic heterocycles. The lowest BCUT2D eigenvalue weighted by atomic mass is 9.34. The minimum atomic E-state index is -0.141. The summed E-state index contributed by atoms with van der Waals surface area (Å²) in [6.45, 7) is 0.732. The molecule has 0 aromatic carbocycles. The van der Waals surface area contributed by atoms with Gasteiger partial charge in [-0.3, -0.25) is 4.39 Å². The van der Waals surface area contributed by atoms with Crippen LogP contribution in [0.25, 0.3) is 0 Å². The molecule has 0 atom stereocenters. The number of rotatable bonds is 5. The van der Waals surface area contributed by atoms with E-state index in [0.29, 0.717) is 10.8 Å². The highest BCUT2D eigenvalue weighted by Crippen LogP contribution is 2.74. The van der Waals surface area contributed by atoms with Crippen LogP contribution < -0.4 is 5.73 Å². The summed E-state index contributed by atoms with van der Waals surface area (Å²) in [5.41, 5.74) is 6.84. The third-order valence-electron chi connectivity index (χ3n) is 3.77. The molecule has 12 heavy (non-hydrogen) atoms. The molecule has 3 rings (SSSR count). The zero-order valence-electron chi connectivity index (χ0n) is 7.61. The summed E-state index contributed by atoms with van der Waals surface area (Å²) < 4.78 is 11.8. The van der Waals surface area contributed by atoms with E-state index in [1.807, 2.05) is 0 Å². The van der Waals surface area contributed by atoms with Crippen LogP contribution in [0.5, 0.6) is 0 Å². The van der Waals surface area contributed by atoms with Gasteiger partial charge in [-0.25, -0.2) is 0 Å². The molecule has 1 nitrogen and oxygen atoms in total. The van der Waals surface area contributed by atoms with E-state index >= 15 is 0 Å². The molecule has 0 heterocycles. The SMILES string of the molecule is NCC12CC(CCCCF)(C1)C2. The van der Waals surface area contributed by atoms with Crippen LogP contribution >= 0.6 is 0 Å². The largest absolute Gasteiger partial charge is 0.330 e. The van der Waals surface area contributed by atoms with Gasteiger partial charge in [0.2, 0.25) is 0 Å². The van der Waals surface area contributed by atoms with Crippen LogP contribution in [0.15, 0.2) is 0 Å². The quantitative estimate of drug-likeness (QED) is 0.631. The zero-order valence-corrected chi connectivity index (χ0v) is 7.61. The summed E-state index contributed by atoms with van der Waals surface area (Å²) in [5, 5.41) is 0. The fraction of sp³-hybridized carbons (Fsp3) is 1.00. The number of hydrogen-bond acceptors (Lipinski definition) is 1. The van der Waals surface area contributed by atoms with E-state index in [1.54, 1.807) is 0 Å². The number of alkyl halides is 1. The van der Waals surface area contributed by atoms with Gasteiger partial charge in [0, 0.05) is 0 Å². The Balaban J connectivity index is 1.67. The highest BCUT2D eigenvalue weighted by molar-refractivity contribution is 5.16. The van der Waals surface area contributed by atoms with Crippen molar-refractivity contribution < 1.29 is 4.39 Å². The zero-order chi connectivity index (χ0) is 8.66. The predicted octanol–water partition coefficient (Wildman–Crippen LogP) is 2.26. The molecule has 0 amide bonds. The minimum Gasteiger partial charge on any atom is -0.330 e. The topological polar surface area (TPSA) is 26.0 Å². The molecule has 3 saturated carbocycles. The Morgan fingerprint density at radius 1 is 1.08 bits per heavy atom. The van der Waals surface area contributed by atoms with Crippen LogP contribution in [0, 0.1) is 10.8 Å². The summed E-state index contributed by atoms with van der Waals surface area (Å²) in [6.07, 6.45) is 7.10. The normalized spacial score (nSPS) is 43.5. The van der Waals surface area contributed by atoms with E-state index in [-0.39, 0.29) is 6.67 Å². The van der Waals surface area contributed by atoms with Crippen molar-refractivity contribution in [2.24, 2.45) is 16.6 Å². The van der Waals surface area contributed by atoms with E-state index in [1.165, 1.54) is 25.7 Å². The standard InChI is InChI=1S/C10H18FN/c11-4-2-1-3-9-5-10(6-9,7-9)8-12/h1-8,12H2. The van der Waals surface area contributed by atoms with E-state index in [2.05, 4.69) is 0 Å². The smallest absolute Gasteiger partial charge is 0.0894 e. The van der Waals surface area contributed by atoms with Gasteiger partial charge in [-0.05, 0) is 49.5 Å². The third kappa shape index (κ3) is 1.08. The van der Waals surface area contributed by atoms with Crippen molar-refractivity contribution in [3.8, 4) is 0 Å². The van der Waals surface area contributed by atoms with Crippen LogP contribution in [0.4, 0.5) is 4.39 Å². The lowest BCUT2D eigenvalue weighted by Crippen LogP contribution is -2.64. The molecule has 2 N–H and O–H groups in total.